The zero-order chi connectivity index (χ0) is 19.6. The molecule has 0 unspecified atom stereocenters. The zero-order valence-electron chi connectivity index (χ0n) is 15.2. The van der Waals surface area contributed by atoms with E-state index in [1.165, 1.54) is 30.2 Å². The van der Waals surface area contributed by atoms with Gasteiger partial charge in [-0.05, 0) is 60.9 Å². The monoisotopic (exact) mass is 424 g/mol. The summed E-state index contributed by atoms with van der Waals surface area (Å²) in [4.78, 5) is 15.7. The summed E-state index contributed by atoms with van der Waals surface area (Å²) in [5.41, 5.74) is 1.70. The molecule has 0 radical (unpaired) electrons. The minimum Gasteiger partial charge on any atom is -0.311 e. The summed E-state index contributed by atoms with van der Waals surface area (Å²) in [6, 6.07) is 12.4. The summed E-state index contributed by atoms with van der Waals surface area (Å²) < 4.78 is 25.9. The minimum absolute atomic E-state index is 0.0131. The molecule has 5 nitrogen and oxygen atoms in total. The van der Waals surface area contributed by atoms with Crippen LogP contribution in [0.1, 0.15) is 12.0 Å². The Balaban J connectivity index is 1.77. The van der Waals surface area contributed by atoms with Crippen molar-refractivity contribution in [1.82, 2.24) is 4.31 Å². The molecule has 1 amide bonds. The number of carbonyl (C=O) groups is 1. The molecule has 1 aliphatic rings. The Kier molecular flexibility index (Phi) is 6.15. The Bertz CT molecular complexity index is 944. The van der Waals surface area contributed by atoms with Crippen LogP contribution in [0.3, 0.4) is 0 Å². The molecule has 0 aromatic heterocycles. The summed E-state index contributed by atoms with van der Waals surface area (Å²) in [7, 11) is -0.458. The predicted molar refractivity (Wildman–Crippen MR) is 110 cm³/mol. The molecule has 1 heterocycles. The first-order chi connectivity index (χ1) is 12.8. The molecule has 0 N–H and O–H groups in total. The number of carbonyl (C=O) groups excluding carboxylic acids is 1. The highest BCUT2D eigenvalue weighted by Crippen LogP contribution is 2.31. The molecule has 0 spiro atoms. The molecule has 0 fully saturated rings. The number of thioether (sulfide) groups is 1. The number of sulfonamides is 1. The number of amides is 1. The molecule has 2 aromatic carbocycles. The number of benzene rings is 2. The fourth-order valence-electron chi connectivity index (χ4n) is 2.96. The lowest BCUT2D eigenvalue weighted by atomic mass is 10.0. The number of anilines is 1. The van der Waals surface area contributed by atoms with Crippen molar-refractivity contribution in [2.24, 2.45) is 0 Å². The van der Waals surface area contributed by atoms with E-state index in [1.54, 1.807) is 35.2 Å². The van der Waals surface area contributed by atoms with Crippen LogP contribution in [0.15, 0.2) is 52.3 Å². The molecule has 0 bridgehead atoms. The van der Waals surface area contributed by atoms with Crippen LogP contribution in [-0.4, -0.2) is 45.0 Å². The van der Waals surface area contributed by atoms with Crippen LogP contribution in [-0.2, 0) is 21.2 Å². The lowest BCUT2D eigenvalue weighted by molar-refractivity contribution is -0.116. The van der Waals surface area contributed by atoms with E-state index in [1.807, 2.05) is 12.1 Å². The normalized spacial score (nSPS) is 14.3. The standard InChI is InChI=1S/C19H21ClN2O3S2/c1-21(2)27(24,25)17-9-10-18-14(12-17)4-3-11-22(18)19(23)13-26-16-7-5-15(20)6-8-16/h5-10,12H,3-4,11,13H2,1-2H3. The molecule has 27 heavy (non-hydrogen) atoms. The molecule has 0 saturated carbocycles. The van der Waals surface area contributed by atoms with E-state index in [0.29, 0.717) is 17.3 Å². The third-order valence-electron chi connectivity index (χ3n) is 4.43. The van der Waals surface area contributed by atoms with Crippen molar-refractivity contribution in [2.45, 2.75) is 22.6 Å². The van der Waals surface area contributed by atoms with Gasteiger partial charge < -0.3 is 4.90 Å². The number of aryl methyl sites for hydroxylation is 1. The van der Waals surface area contributed by atoms with Crippen LogP contribution < -0.4 is 4.90 Å². The second-order valence-electron chi connectivity index (χ2n) is 6.47. The van der Waals surface area contributed by atoms with Gasteiger partial charge in [-0.25, -0.2) is 12.7 Å². The van der Waals surface area contributed by atoms with Gasteiger partial charge in [-0.1, -0.05) is 11.6 Å². The zero-order valence-corrected chi connectivity index (χ0v) is 17.6. The van der Waals surface area contributed by atoms with Crippen molar-refractivity contribution < 1.29 is 13.2 Å². The maximum atomic E-state index is 12.7. The van der Waals surface area contributed by atoms with Gasteiger partial charge in [0.05, 0.1) is 10.6 Å². The Hall–Kier alpha value is -1.54. The Morgan fingerprint density at radius 2 is 1.89 bits per heavy atom. The topological polar surface area (TPSA) is 57.7 Å². The van der Waals surface area contributed by atoms with Gasteiger partial charge in [0.2, 0.25) is 15.9 Å². The second-order valence-corrected chi connectivity index (χ2v) is 10.1. The number of halogens is 1. The van der Waals surface area contributed by atoms with Crippen LogP contribution in [0.2, 0.25) is 5.02 Å². The molecule has 1 aliphatic heterocycles. The summed E-state index contributed by atoms with van der Waals surface area (Å²) >= 11 is 7.35. The van der Waals surface area contributed by atoms with Gasteiger partial charge in [-0.2, -0.15) is 0 Å². The van der Waals surface area contributed by atoms with E-state index in [4.69, 9.17) is 11.6 Å². The van der Waals surface area contributed by atoms with E-state index in [9.17, 15) is 13.2 Å². The fourth-order valence-corrected chi connectivity index (χ4v) is 4.81. The Morgan fingerprint density at radius 1 is 1.19 bits per heavy atom. The summed E-state index contributed by atoms with van der Waals surface area (Å²) in [6.45, 7) is 0.646. The average molecular weight is 425 g/mol. The Labute approximate surface area is 169 Å². The minimum atomic E-state index is -3.48. The molecule has 0 saturated heterocycles. The number of hydrogen-bond donors (Lipinski definition) is 0. The summed E-state index contributed by atoms with van der Waals surface area (Å²) in [5, 5.41) is 0.666. The van der Waals surface area contributed by atoms with Crippen LogP contribution in [0.5, 0.6) is 0 Å². The van der Waals surface area contributed by atoms with Crippen LogP contribution >= 0.6 is 23.4 Å². The maximum Gasteiger partial charge on any atom is 0.242 e. The van der Waals surface area contributed by atoms with Crippen LogP contribution in [0.4, 0.5) is 5.69 Å². The van der Waals surface area contributed by atoms with Crippen molar-refractivity contribution in [3.63, 3.8) is 0 Å². The summed E-state index contributed by atoms with van der Waals surface area (Å²) in [6.07, 6.45) is 1.58. The quantitative estimate of drug-likeness (QED) is 0.687. The van der Waals surface area contributed by atoms with Gasteiger partial charge in [-0.15, -0.1) is 11.8 Å². The van der Waals surface area contributed by atoms with E-state index < -0.39 is 10.0 Å². The van der Waals surface area contributed by atoms with Gasteiger partial charge in [0.1, 0.15) is 0 Å². The fraction of sp³-hybridized carbons (Fsp3) is 0.316. The third kappa shape index (κ3) is 4.48. The van der Waals surface area contributed by atoms with Gasteiger partial charge in [0, 0.05) is 36.2 Å². The molecule has 144 valence electrons. The highest BCUT2D eigenvalue weighted by molar-refractivity contribution is 8.00. The molecule has 3 rings (SSSR count). The van der Waals surface area contributed by atoms with E-state index >= 15 is 0 Å². The molecule has 8 heteroatoms. The highest BCUT2D eigenvalue weighted by Gasteiger charge is 2.25. The van der Waals surface area contributed by atoms with Gasteiger partial charge in [0.25, 0.3) is 0 Å². The number of hydrogen-bond acceptors (Lipinski definition) is 4. The second kappa shape index (κ2) is 8.22. The molecule has 0 atom stereocenters. The lowest BCUT2D eigenvalue weighted by Crippen LogP contribution is -2.36. The van der Waals surface area contributed by atoms with Crippen LogP contribution in [0.25, 0.3) is 0 Å². The Morgan fingerprint density at radius 3 is 2.56 bits per heavy atom. The number of fused-ring (bicyclic) bond motifs is 1. The van der Waals surface area contributed by atoms with Crippen molar-refractivity contribution in [1.29, 1.82) is 0 Å². The maximum absolute atomic E-state index is 12.7. The number of rotatable bonds is 5. The molecular weight excluding hydrogens is 404 g/mol. The first kappa shape index (κ1) is 20.2. The van der Waals surface area contributed by atoms with Crippen molar-refractivity contribution in [3.05, 3.63) is 53.1 Å². The highest BCUT2D eigenvalue weighted by atomic mass is 35.5. The van der Waals surface area contributed by atoms with E-state index in [0.717, 1.165) is 29.0 Å². The van der Waals surface area contributed by atoms with Gasteiger partial charge >= 0.3 is 0 Å². The molecule has 2 aromatic rings. The van der Waals surface area contributed by atoms with Crippen molar-refractivity contribution in [2.75, 3.05) is 31.3 Å². The summed E-state index contributed by atoms with van der Waals surface area (Å²) in [5.74, 6) is 0.331. The van der Waals surface area contributed by atoms with Crippen molar-refractivity contribution >= 4 is 45.0 Å². The first-order valence-electron chi connectivity index (χ1n) is 8.53. The lowest BCUT2D eigenvalue weighted by Gasteiger charge is -2.30. The predicted octanol–water partition coefficient (Wildman–Crippen LogP) is 3.66. The SMILES string of the molecule is CN(C)S(=O)(=O)c1ccc2c(c1)CCCN2C(=O)CSc1ccc(Cl)cc1. The third-order valence-corrected chi connectivity index (χ3v) is 7.49. The molecule has 0 aliphatic carbocycles. The first-order valence-corrected chi connectivity index (χ1v) is 11.3. The average Bonchev–Trinajstić information content (AvgIpc) is 2.66. The van der Waals surface area contributed by atoms with Gasteiger partial charge in [-0.3, -0.25) is 4.79 Å². The van der Waals surface area contributed by atoms with Crippen LogP contribution in [0, 0.1) is 0 Å². The molecular formula is C19H21ClN2O3S2. The van der Waals surface area contributed by atoms with Crippen molar-refractivity contribution in [3.8, 4) is 0 Å². The number of nitrogens with zero attached hydrogens (tertiary/aromatic N) is 2. The van der Waals surface area contributed by atoms with E-state index in [-0.39, 0.29) is 10.8 Å². The largest absolute Gasteiger partial charge is 0.311 e. The smallest absolute Gasteiger partial charge is 0.242 e. The van der Waals surface area contributed by atoms with E-state index in [2.05, 4.69) is 0 Å². The van der Waals surface area contributed by atoms with Gasteiger partial charge in [0.15, 0.2) is 0 Å².